The van der Waals surface area contributed by atoms with Crippen molar-refractivity contribution in [2.75, 3.05) is 6.54 Å². The predicted molar refractivity (Wildman–Crippen MR) is 69.9 cm³/mol. The fourth-order valence-electron chi connectivity index (χ4n) is 2.53. The number of amides is 1. The summed E-state index contributed by atoms with van der Waals surface area (Å²) < 4.78 is 0. The maximum atomic E-state index is 12.4. The van der Waals surface area contributed by atoms with Crippen LogP contribution in [0.4, 0.5) is 0 Å². The molecule has 98 valence electrons. The Hall–Kier alpha value is -1.36. The molecule has 0 radical (unpaired) electrons. The van der Waals surface area contributed by atoms with E-state index in [-0.39, 0.29) is 11.8 Å². The third kappa shape index (κ3) is 2.27. The molecule has 2 rings (SSSR count). The predicted octanol–water partition coefficient (Wildman–Crippen LogP) is 2.38. The minimum absolute atomic E-state index is 0.0131. The molecular formula is C13H17NO3S. The Morgan fingerprint density at radius 2 is 2.17 bits per heavy atom. The number of carbonyl (C=O) groups excluding carboxylic acids is 1. The molecule has 5 heteroatoms. The summed E-state index contributed by atoms with van der Waals surface area (Å²) in [5.74, 6) is -1.03. The van der Waals surface area contributed by atoms with Gasteiger partial charge in [-0.15, -0.1) is 0 Å². The number of hydrogen-bond acceptors (Lipinski definition) is 3. The lowest BCUT2D eigenvalue weighted by atomic mass is 9.90. The summed E-state index contributed by atoms with van der Waals surface area (Å²) in [5, 5.41) is 13.0. The van der Waals surface area contributed by atoms with Crippen LogP contribution in [0.25, 0.3) is 0 Å². The van der Waals surface area contributed by atoms with Gasteiger partial charge in [-0.2, -0.15) is 11.3 Å². The first-order chi connectivity index (χ1) is 8.52. The topological polar surface area (TPSA) is 57.6 Å². The van der Waals surface area contributed by atoms with Crippen molar-refractivity contribution in [2.45, 2.75) is 32.7 Å². The molecule has 1 fully saturated rings. The summed E-state index contributed by atoms with van der Waals surface area (Å²) in [6.07, 6.45) is 1.74. The number of carboxylic acid groups (broad SMARTS) is 1. The molecule has 1 N–H and O–H groups in total. The van der Waals surface area contributed by atoms with Crippen LogP contribution in [0.5, 0.6) is 0 Å². The summed E-state index contributed by atoms with van der Waals surface area (Å²) in [5.41, 5.74) is 1.56. The van der Waals surface area contributed by atoms with E-state index in [1.807, 2.05) is 19.2 Å². The molecule has 2 heterocycles. The second kappa shape index (κ2) is 5.10. The normalized spacial score (nSPS) is 24.0. The van der Waals surface area contributed by atoms with Crippen molar-refractivity contribution in [3.8, 4) is 0 Å². The van der Waals surface area contributed by atoms with Crippen LogP contribution < -0.4 is 0 Å². The quantitative estimate of drug-likeness (QED) is 0.895. The minimum Gasteiger partial charge on any atom is -0.480 e. The second-order valence-corrected chi connectivity index (χ2v) is 5.61. The smallest absolute Gasteiger partial charge is 0.326 e. The zero-order valence-corrected chi connectivity index (χ0v) is 11.4. The molecule has 2 atom stereocenters. The van der Waals surface area contributed by atoms with Gasteiger partial charge >= 0.3 is 5.97 Å². The number of thiophene rings is 1. The Labute approximate surface area is 110 Å². The molecule has 0 aliphatic carbocycles. The first kappa shape index (κ1) is 13.1. The zero-order chi connectivity index (χ0) is 13.3. The summed E-state index contributed by atoms with van der Waals surface area (Å²) in [6.45, 7) is 4.32. The van der Waals surface area contributed by atoms with Gasteiger partial charge in [0.1, 0.15) is 6.04 Å². The Morgan fingerprint density at radius 3 is 2.72 bits per heavy atom. The number of aliphatic carboxylic acids is 1. The second-order valence-electron chi connectivity index (χ2n) is 4.87. The highest BCUT2D eigenvalue weighted by Gasteiger charge is 2.37. The van der Waals surface area contributed by atoms with Gasteiger partial charge in [0.25, 0.3) is 5.91 Å². The SMILES string of the molecule is Cc1cscc1C(=O)N1CCCC(C)C1C(=O)O. The highest BCUT2D eigenvalue weighted by molar-refractivity contribution is 7.08. The van der Waals surface area contributed by atoms with Crippen molar-refractivity contribution in [1.82, 2.24) is 4.90 Å². The number of likely N-dealkylation sites (tertiary alicyclic amines) is 1. The summed E-state index contributed by atoms with van der Waals surface area (Å²) in [7, 11) is 0. The van der Waals surface area contributed by atoms with Crippen molar-refractivity contribution >= 4 is 23.2 Å². The number of nitrogens with zero attached hydrogens (tertiary/aromatic N) is 1. The number of hydrogen-bond donors (Lipinski definition) is 1. The molecule has 1 saturated heterocycles. The molecule has 0 aromatic carbocycles. The van der Waals surface area contributed by atoms with Crippen LogP contribution in [0, 0.1) is 12.8 Å². The number of carboxylic acids is 1. The van der Waals surface area contributed by atoms with Crippen molar-refractivity contribution in [3.05, 3.63) is 21.9 Å². The zero-order valence-electron chi connectivity index (χ0n) is 10.5. The first-order valence-electron chi connectivity index (χ1n) is 6.09. The van der Waals surface area contributed by atoms with E-state index in [1.54, 1.807) is 5.38 Å². The molecule has 0 spiro atoms. The molecule has 2 unspecified atom stereocenters. The number of aryl methyl sites for hydroxylation is 1. The van der Waals surface area contributed by atoms with Gasteiger partial charge in [0.05, 0.1) is 5.56 Å². The van der Waals surface area contributed by atoms with Crippen LogP contribution in [0.3, 0.4) is 0 Å². The van der Waals surface area contributed by atoms with E-state index in [0.29, 0.717) is 12.1 Å². The van der Waals surface area contributed by atoms with Crippen LogP contribution in [0.2, 0.25) is 0 Å². The third-order valence-electron chi connectivity index (χ3n) is 3.53. The highest BCUT2D eigenvalue weighted by Crippen LogP contribution is 2.26. The molecule has 1 aromatic rings. The van der Waals surface area contributed by atoms with Crippen LogP contribution in [0.1, 0.15) is 35.7 Å². The van der Waals surface area contributed by atoms with E-state index in [0.717, 1.165) is 18.4 Å². The van der Waals surface area contributed by atoms with E-state index >= 15 is 0 Å². The molecule has 1 aliphatic heterocycles. The first-order valence-corrected chi connectivity index (χ1v) is 7.03. The van der Waals surface area contributed by atoms with Gasteiger partial charge in [0.2, 0.25) is 0 Å². The molecule has 0 saturated carbocycles. The molecule has 1 aliphatic rings. The molecular weight excluding hydrogens is 250 g/mol. The standard InChI is InChI=1S/C13H17NO3S/c1-8-4-3-5-14(11(8)13(16)17)12(15)10-7-18-6-9(10)2/h6-8,11H,3-5H2,1-2H3,(H,16,17). The fraction of sp³-hybridized carbons (Fsp3) is 0.538. The Bertz CT molecular complexity index is 469. The Kier molecular flexibility index (Phi) is 3.71. The van der Waals surface area contributed by atoms with Crippen LogP contribution in [-0.4, -0.2) is 34.5 Å². The van der Waals surface area contributed by atoms with E-state index in [9.17, 15) is 14.7 Å². The van der Waals surface area contributed by atoms with Crippen molar-refractivity contribution in [2.24, 2.45) is 5.92 Å². The van der Waals surface area contributed by atoms with Crippen molar-refractivity contribution in [3.63, 3.8) is 0 Å². The van der Waals surface area contributed by atoms with Crippen molar-refractivity contribution in [1.29, 1.82) is 0 Å². The van der Waals surface area contributed by atoms with Gasteiger partial charge < -0.3 is 10.0 Å². The van der Waals surface area contributed by atoms with Crippen molar-refractivity contribution < 1.29 is 14.7 Å². The lowest BCUT2D eigenvalue weighted by Gasteiger charge is -2.37. The average molecular weight is 267 g/mol. The molecule has 18 heavy (non-hydrogen) atoms. The van der Waals surface area contributed by atoms with Crippen LogP contribution >= 0.6 is 11.3 Å². The van der Waals surface area contributed by atoms with Gasteiger partial charge in [-0.05, 0) is 36.6 Å². The van der Waals surface area contributed by atoms with E-state index in [1.165, 1.54) is 16.2 Å². The molecule has 1 aromatic heterocycles. The average Bonchev–Trinajstić information content (AvgIpc) is 2.73. The Balaban J connectivity index is 2.28. The van der Waals surface area contributed by atoms with Gasteiger partial charge in [0.15, 0.2) is 0 Å². The number of carbonyl (C=O) groups is 2. The van der Waals surface area contributed by atoms with Gasteiger partial charge in [-0.25, -0.2) is 4.79 Å². The summed E-state index contributed by atoms with van der Waals surface area (Å²) in [6, 6.07) is -0.689. The monoisotopic (exact) mass is 267 g/mol. The Morgan fingerprint density at radius 1 is 1.44 bits per heavy atom. The molecule has 0 bridgehead atoms. The van der Waals surface area contributed by atoms with Crippen LogP contribution in [-0.2, 0) is 4.79 Å². The number of piperidine rings is 1. The maximum absolute atomic E-state index is 12.4. The lowest BCUT2D eigenvalue weighted by Crippen LogP contribution is -2.51. The summed E-state index contributed by atoms with van der Waals surface area (Å²) in [4.78, 5) is 25.3. The number of rotatable bonds is 2. The minimum atomic E-state index is -0.900. The van der Waals surface area contributed by atoms with Crippen LogP contribution in [0.15, 0.2) is 10.8 Å². The third-order valence-corrected chi connectivity index (χ3v) is 4.39. The van der Waals surface area contributed by atoms with E-state index in [2.05, 4.69) is 0 Å². The largest absolute Gasteiger partial charge is 0.480 e. The molecule has 4 nitrogen and oxygen atoms in total. The van der Waals surface area contributed by atoms with Gasteiger partial charge in [-0.1, -0.05) is 6.92 Å². The lowest BCUT2D eigenvalue weighted by molar-refractivity contribution is -0.145. The molecule has 1 amide bonds. The van der Waals surface area contributed by atoms with Gasteiger partial charge in [-0.3, -0.25) is 4.79 Å². The van der Waals surface area contributed by atoms with Gasteiger partial charge in [0, 0.05) is 11.9 Å². The van der Waals surface area contributed by atoms with E-state index in [4.69, 9.17) is 0 Å². The summed E-state index contributed by atoms with van der Waals surface area (Å²) >= 11 is 1.47. The fourth-order valence-corrected chi connectivity index (χ4v) is 3.35. The maximum Gasteiger partial charge on any atom is 0.326 e. The van der Waals surface area contributed by atoms with E-state index < -0.39 is 12.0 Å². The highest BCUT2D eigenvalue weighted by atomic mass is 32.1.